The van der Waals surface area contributed by atoms with E-state index in [0.717, 1.165) is 0 Å². The fraction of sp³-hybridized carbons (Fsp3) is 0.875. The number of carbonyl (C=O) groups is 1. The van der Waals surface area contributed by atoms with E-state index in [0.29, 0.717) is 6.42 Å². The van der Waals surface area contributed by atoms with Crippen LogP contribution < -0.4 is 0 Å². The van der Waals surface area contributed by atoms with Crippen molar-refractivity contribution in [1.29, 1.82) is 0 Å². The molecule has 0 saturated heterocycles. The molecule has 2 nitrogen and oxygen atoms in total. The third kappa shape index (κ3) is 1.24. The average Bonchev–Trinajstić information content (AvgIpc) is 2.35. The molecule has 1 aliphatic rings. The molecule has 0 aromatic heterocycles. The van der Waals surface area contributed by atoms with Gasteiger partial charge in [-0.3, -0.25) is 9.18 Å². The summed E-state index contributed by atoms with van der Waals surface area (Å²) in [5, 5.41) is 8.66. The molecule has 1 aliphatic carbocycles. The number of hydrogen-bond donors (Lipinski definition) is 1. The van der Waals surface area contributed by atoms with Gasteiger partial charge in [0.15, 0.2) is 0 Å². The van der Waals surface area contributed by atoms with Crippen LogP contribution >= 0.6 is 0 Å². The van der Waals surface area contributed by atoms with E-state index in [1.165, 1.54) is 0 Å². The molecule has 2 atom stereocenters. The Morgan fingerprint density at radius 2 is 2.18 bits per heavy atom. The molecular formula is C8H13FO2. The highest BCUT2D eigenvalue weighted by molar-refractivity contribution is 5.75. The summed E-state index contributed by atoms with van der Waals surface area (Å²) in [6, 6.07) is 0. The van der Waals surface area contributed by atoms with Crippen molar-refractivity contribution in [3.05, 3.63) is 0 Å². The van der Waals surface area contributed by atoms with E-state index in [2.05, 4.69) is 0 Å². The Labute approximate surface area is 65.4 Å². The Morgan fingerprint density at radius 1 is 1.64 bits per heavy atom. The molecule has 0 aromatic rings. The first-order chi connectivity index (χ1) is 5.01. The Hall–Kier alpha value is -0.600. The van der Waals surface area contributed by atoms with Crippen LogP contribution in [0.4, 0.5) is 4.39 Å². The van der Waals surface area contributed by atoms with E-state index in [9.17, 15) is 9.18 Å². The van der Waals surface area contributed by atoms with Crippen molar-refractivity contribution >= 4 is 5.97 Å². The third-order valence-corrected chi connectivity index (χ3v) is 2.74. The van der Waals surface area contributed by atoms with Crippen LogP contribution in [0.25, 0.3) is 0 Å². The first-order valence-electron chi connectivity index (χ1n) is 3.80. The molecule has 64 valence electrons. The second-order valence-corrected chi connectivity index (χ2v) is 3.72. The van der Waals surface area contributed by atoms with Gasteiger partial charge in [0, 0.05) is 0 Å². The normalized spacial score (nSPS) is 33.4. The van der Waals surface area contributed by atoms with E-state index in [4.69, 9.17) is 5.11 Å². The van der Waals surface area contributed by atoms with Gasteiger partial charge in [0.2, 0.25) is 0 Å². The summed E-state index contributed by atoms with van der Waals surface area (Å²) >= 11 is 0. The zero-order chi connectivity index (χ0) is 8.65. The first-order valence-corrected chi connectivity index (χ1v) is 3.80. The third-order valence-electron chi connectivity index (χ3n) is 2.74. The number of carboxylic acids is 1. The van der Waals surface area contributed by atoms with Gasteiger partial charge in [-0.15, -0.1) is 0 Å². The number of hydrogen-bond acceptors (Lipinski definition) is 1. The van der Waals surface area contributed by atoms with E-state index in [1.54, 1.807) is 0 Å². The van der Waals surface area contributed by atoms with Crippen LogP contribution in [0.2, 0.25) is 0 Å². The highest BCUT2D eigenvalue weighted by Crippen LogP contribution is 2.59. The van der Waals surface area contributed by atoms with Gasteiger partial charge in [-0.1, -0.05) is 13.8 Å². The molecule has 0 amide bonds. The summed E-state index contributed by atoms with van der Waals surface area (Å²) in [6.45, 7) is 3.36. The molecule has 0 heterocycles. The molecular weight excluding hydrogens is 147 g/mol. The van der Waals surface area contributed by atoms with Gasteiger partial charge in [-0.05, 0) is 17.8 Å². The van der Waals surface area contributed by atoms with Crippen molar-refractivity contribution < 1.29 is 14.3 Å². The molecule has 0 aromatic carbocycles. The predicted molar refractivity (Wildman–Crippen MR) is 39.0 cm³/mol. The van der Waals surface area contributed by atoms with Crippen LogP contribution in [0.5, 0.6) is 0 Å². The maximum atomic E-state index is 11.9. The number of alkyl halides is 1. The molecule has 0 bridgehead atoms. The van der Waals surface area contributed by atoms with Crippen molar-refractivity contribution in [3.63, 3.8) is 0 Å². The second kappa shape index (κ2) is 2.47. The number of rotatable bonds is 3. The maximum absolute atomic E-state index is 11.9. The fourth-order valence-electron chi connectivity index (χ4n) is 1.89. The Bertz CT molecular complexity index is 177. The molecule has 1 rings (SSSR count). The molecule has 1 N–H and O–H groups in total. The lowest BCUT2D eigenvalue weighted by molar-refractivity contribution is -0.139. The SMILES string of the molecule is CC1(C)C(CCF)C1C(=O)O. The summed E-state index contributed by atoms with van der Waals surface area (Å²) in [5.74, 6) is -1.06. The summed E-state index contributed by atoms with van der Waals surface area (Å²) in [4.78, 5) is 10.5. The molecule has 0 radical (unpaired) electrons. The highest BCUT2D eigenvalue weighted by atomic mass is 19.1. The average molecular weight is 160 g/mol. The Balaban J connectivity index is 2.53. The van der Waals surface area contributed by atoms with Gasteiger partial charge in [0.1, 0.15) is 0 Å². The number of carboxylic acid groups (broad SMARTS) is 1. The van der Waals surface area contributed by atoms with Crippen LogP contribution in [0, 0.1) is 17.3 Å². The zero-order valence-electron chi connectivity index (χ0n) is 6.80. The summed E-state index contributed by atoms with van der Waals surface area (Å²) in [6.07, 6.45) is 0.393. The summed E-state index contributed by atoms with van der Waals surface area (Å²) < 4.78 is 11.9. The van der Waals surface area contributed by atoms with E-state index in [-0.39, 0.29) is 17.3 Å². The largest absolute Gasteiger partial charge is 0.481 e. The molecule has 3 heteroatoms. The summed E-state index contributed by atoms with van der Waals surface area (Å²) in [7, 11) is 0. The van der Waals surface area contributed by atoms with E-state index >= 15 is 0 Å². The minimum atomic E-state index is -0.784. The standard InChI is InChI=1S/C8H13FO2/c1-8(2)5(3-4-9)6(8)7(10)11/h5-6H,3-4H2,1-2H3,(H,10,11). The smallest absolute Gasteiger partial charge is 0.307 e. The van der Waals surface area contributed by atoms with Crippen molar-refractivity contribution in [1.82, 2.24) is 0 Å². The van der Waals surface area contributed by atoms with Gasteiger partial charge in [-0.2, -0.15) is 0 Å². The van der Waals surface area contributed by atoms with Gasteiger partial charge >= 0.3 is 5.97 Å². The van der Waals surface area contributed by atoms with Gasteiger partial charge < -0.3 is 5.11 Å². The second-order valence-electron chi connectivity index (χ2n) is 3.72. The van der Waals surface area contributed by atoms with Crippen LogP contribution in [-0.4, -0.2) is 17.8 Å². The molecule has 0 spiro atoms. The van der Waals surface area contributed by atoms with Gasteiger partial charge in [-0.25, -0.2) is 0 Å². The Morgan fingerprint density at radius 3 is 2.45 bits per heavy atom. The van der Waals surface area contributed by atoms with Crippen molar-refractivity contribution in [3.8, 4) is 0 Å². The van der Waals surface area contributed by atoms with E-state index in [1.807, 2.05) is 13.8 Å². The first kappa shape index (κ1) is 8.50. The minimum absolute atomic E-state index is 0.0463. The lowest BCUT2D eigenvalue weighted by Gasteiger charge is -1.97. The Kier molecular flexibility index (Phi) is 1.90. The predicted octanol–water partition coefficient (Wildman–Crippen LogP) is 1.70. The topological polar surface area (TPSA) is 37.3 Å². The van der Waals surface area contributed by atoms with Crippen LogP contribution in [0.3, 0.4) is 0 Å². The van der Waals surface area contributed by atoms with Crippen molar-refractivity contribution in [2.24, 2.45) is 17.3 Å². The lowest BCUT2D eigenvalue weighted by atomic mass is 10.1. The molecule has 1 saturated carbocycles. The molecule has 11 heavy (non-hydrogen) atoms. The summed E-state index contributed by atoms with van der Waals surface area (Å²) in [5.41, 5.74) is -0.183. The quantitative estimate of drug-likeness (QED) is 0.682. The van der Waals surface area contributed by atoms with Crippen molar-refractivity contribution in [2.45, 2.75) is 20.3 Å². The highest BCUT2D eigenvalue weighted by Gasteiger charge is 2.61. The molecule has 1 fully saturated rings. The van der Waals surface area contributed by atoms with Crippen LogP contribution in [0.1, 0.15) is 20.3 Å². The zero-order valence-corrected chi connectivity index (χ0v) is 6.80. The molecule has 2 unspecified atom stereocenters. The minimum Gasteiger partial charge on any atom is -0.481 e. The van der Waals surface area contributed by atoms with Crippen LogP contribution in [0.15, 0.2) is 0 Å². The number of halogens is 1. The lowest BCUT2D eigenvalue weighted by Crippen LogP contribution is -2.03. The fourth-order valence-corrected chi connectivity index (χ4v) is 1.89. The van der Waals surface area contributed by atoms with Crippen molar-refractivity contribution in [2.75, 3.05) is 6.67 Å². The van der Waals surface area contributed by atoms with Gasteiger partial charge in [0.05, 0.1) is 12.6 Å². The maximum Gasteiger partial charge on any atom is 0.307 e. The van der Waals surface area contributed by atoms with Crippen LogP contribution in [-0.2, 0) is 4.79 Å². The monoisotopic (exact) mass is 160 g/mol. The number of aliphatic carboxylic acids is 1. The van der Waals surface area contributed by atoms with E-state index < -0.39 is 12.6 Å². The van der Waals surface area contributed by atoms with Gasteiger partial charge in [0.25, 0.3) is 0 Å². The molecule has 0 aliphatic heterocycles.